The van der Waals surface area contributed by atoms with Gasteiger partial charge in [0.25, 0.3) is 0 Å². The van der Waals surface area contributed by atoms with E-state index in [0.717, 1.165) is 25.9 Å². The maximum Gasteiger partial charge on any atom is 0.0434 e. The van der Waals surface area contributed by atoms with E-state index < -0.39 is 0 Å². The van der Waals surface area contributed by atoms with E-state index in [0.29, 0.717) is 12.5 Å². The highest BCUT2D eigenvalue weighted by Crippen LogP contribution is 2.31. The van der Waals surface area contributed by atoms with Gasteiger partial charge in [-0.1, -0.05) is 25.1 Å². The van der Waals surface area contributed by atoms with Gasteiger partial charge in [0.2, 0.25) is 0 Å². The number of aliphatic hydroxyl groups is 1. The van der Waals surface area contributed by atoms with Gasteiger partial charge in [0, 0.05) is 31.4 Å². The number of nitrogens with two attached hydrogens (primary N) is 1. The fraction of sp³-hybridized carbons (Fsp3) is 0.600. The molecule has 0 spiro atoms. The molecule has 18 heavy (non-hydrogen) atoms. The molecule has 1 saturated heterocycles. The Bertz CT molecular complexity index is 381. The number of nitrogens with zero attached hydrogens (tertiary/aromatic N) is 1. The maximum absolute atomic E-state index is 9.03. The Morgan fingerprint density at radius 2 is 2.22 bits per heavy atom. The number of rotatable bonds is 5. The maximum atomic E-state index is 9.03. The number of para-hydroxylation sites is 1. The topological polar surface area (TPSA) is 49.5 Å². The van der Waals surface area contributed by atoms with Crippen molar-refractivity contribution in [2.24, 2.45) is 11.7 Å². The fourth-order valence-electron chi connectivity index (χ4n) is 2.78. The van der Waals surface area contributed by atoms with E-state index in [1.165, 1.54) is 17.7 Å². The molecule has 1 heterocycles. The van der Waals surface area contributed by atoms with Gasteiger partial charge in [-0.2, -0.15) is 0 Å². The first-order valence-corrected chi connectivity index (χ1v) is 6.96. The third-order valence-corrected chi connectivity index (χ3v) is 3.94. The molecule has 2 unspecified atom stereocenters. The molecule has 0 amide bonds. The second-order valence-corrected chi connectivity index (χ2v) is 5.19. The van der Waals surface area contributed by atoms with Crippen molar-refractivity contribution in [1.29, 1.82) is 0 Å². The molecule has 100 valence electrons. The normalized spacial score (nSPS) is 21.3. The van der Waals surface area contributed by atoms with Crippen LogP contribution in [0.4, 0.5) is 5.69 Å². The highest BCUT2D eigenvalue weighted by molar-refractivity contribution is 5.55. The average Bonchev–Trinajstić information content (AvgIpc) is 2.87. The second kappa shape index (κ2) is 6.21. The summed E-state index contributed by atoms with van der Waals surface area (Å²) in [7, 11) is 0. The van der Waals surface area contributed by atoms with E-state index in [1.807, 2.05) is 0 Å². The van der Waals surface area contributed by atoms with Crippen molar-refractivity contribution in [3.05, 3.63) is 29.8 Å². The minimum absolute atomic E-state index is 0.123. The SMILES string of the molecule is CCC(N)c1ccccc1N1CCC(CCO)C1. The Kier molecular flexibility index (Phi) is 4.61. The lowest BCUT2D eigenvalue weighted by Gasteiger charge is -2.24. The van der Waals surface area contributed by atoms with Crippen molar-refractivity contribution < 1.29 is 5.11 Å². The second-order valence-electron chi connectivity index (χ2n) is 5.19. The van der Waals surface area contributed by atoms with Gasteiger partial charge in [0.15, 0.2) is 0 Å². The third-order valence-electron chi connectivity index (χ3n) is 3.94. The number of benzene rings is 1. The molecule has 3 nitrogen and oxygen atoms in total. The number of anilines is 1. The standard InChI is InChI=1S/C15H24N2O/c1-2-14(16)13-5-3-4-6-15(13)17-9-7-12(11-17)8-10-18/h3-6,12,14,18H,2,7-11,16H2,1H3. The van der Waals surface area contributed by atoms with Crippen LogP contribution in [-0.2, 0) is 0 Å². The number of hydrogen-bond donors (Lipinski definition) is 2. The molecule has 2 rings (SSSR count). The zero-order chi connectivity index (χ0) is 13.0. The van der Waals surface area contributed by atoms with Crippen LogP contribution in [0, 0.1) is 5.92 Å². The van der Waals surface area contributed by atoms with Crippen LogP contribution in [0.2, 0.25) is 0 Å². The lowest BCUT2D eigenvalue weighted by molar-refractivity contribution is 0.263. The van der Waals surface area contributed by atoms with Crippen molar-refractivity contribution in [1.82, 2.24) is 0 Å². The third kappa shape index (κ3) is 2.85. The summed E-state index contributed by atoms with van der Waals surface area (Å²) in [4.78, 5) is 2.42. The van der Waals surface area contributed by atoms with Crippen molar-refractivity contribution >= 4 is 5.69 Å². The first-order chi connectivity index (χ1) is 8.76. The summed E-state index contributed by atoms with van der Waals surface area (Å²) in [6.07, 6.45) is 3.06. The predicted molar refractivity (Wildman–Crippen MR) is 75.7 cm³/mol. The van der Waals surface area contributed by atoms with Crippen molar-refractivity contribution in [3.8, 4) is 0 Å². The highest BCUT2D eigenvalue weighted by Gasteiger charge is 2.24. The van der Waals surface area contributed by atoms with Gasteiger partial charge >= 0.3 is 0 Å². The molecule has 0 bridgehead atoms. The summed E-state index contributed by atoms with van der Waals surface area (Å²) < 4.78 is 0. The molecule has 1 aromatic carbocycles. The van der Waals surface area contributed by atoms with Crippen LogP contribution >= 0.6 is 0 Å². The highest BCUT2D eigenvalue weighted by atomic mass is 16.3. The first kappa shape index (κ1) is 13.4. The minimum atomic E-state index is 0.123. The lowest BCUT2D eigenvalue weighted by atomic mass is 10.0. The van der Waals surface area contributed by atoms with Crippen LogP contribution < -0.4 is 10.6 Å². The van der Waals surface area contributed by atoms with E-state index in [9.17, 15) is 0 Å². The smallest absolute Gasteiger partial charge is 0.0434 e. The zero-order valence-corrected chi connectivity index (χ0v) is 11.2. The molecular formula is C15H24N2O. The van der Waals surface area contributed by atoms with Gasteiger partial charge in [-0.05, 0) is 36.8 Å². The first-order valence-electron chi connectivity index (χ1n) is 6.96. The van der Waals surface area contributed by atoms with Crippen LogP contribution in [0.15, 0.2) is 24.3 Å². The quantitative estimate of drug-likeness (QED) is 0.840. The van der Waals surface area contributed by atoms with Gasteiger partial charge in [-0.25, -0.2) is 0 Å². The summed E-state index contributed by atoms with van der Waals surface area (Å²) in [6.45, 7) is 4.56. The Labute approximate surface area is 110 Å². The average molecular weight is 248 g/mol. The summed E-state index contributed by atoms with van der Waals surface area (Å²) in [5.74, 6) is 0.626. The Morgan fingerprint density at radius 1 is 1.44 bits per heavy atom. The van der Waals surface area contributed by atoms with Crippen LogP contribution in [0.5, 0.6) is 0 Å². The van der Waals surface area contributed by atoms with E-state index >= 15 is 0 Å². The Morgan fingerprint density at radius 3 is 2.94 bits per heavy atom. The van der Waals surface area contributed by atoms with Gasteiger partial charge < -0.3 is 15.7 Å². The Balaban J connectivity index is 2.14. The molecule has 1 aliphatic heterocycles. The molecular weight excluding hydrogens is 224 g/mol. The summed E-state index contributed by atoms with van der Waals surface area (Å²) >= 11 is 0. The van der Waals surface area contributed by atoms with Crippen molar-refractivity contribution in [2.75, 3.05) is 24.6 Å². The van der Waals surface area contributed by atoms with E-state index in [2.05, 4.69) is 36.1 Å². The van der Waals surface area contributed by atoms with Gasteiger partial charge in [0.05, 0.1) is 0 Å². The molecule has 0 radical (unpaired) electrons. The summed E-state index contributed by atoms with van der Waals surface area (Å²) in [5, 5.41) is 9.03. The summed E-state index contributed by atoms with van der Waals surface area (Å²) in [5.41, 5.74) is 8.73. The molecule has 2 atom stereocenters. The van der Waals surface area contributed by atoms with Crippen molar-refractivity contribution in [2.45, 2.75) is 32.2 Å². The lowest BCUT2D eigenvalue weighted by Crippen LogP contribution is -2.23. The van der Waals surface area contributed by atoms with Gasteiger partial charge in [0.1, 0.15) is 0 Å². The van der Waals surface area contributed by atoms with Crippen LogP contribution in [0.1, 0.15) is 37.8 Å². The van der Waals surface area contributed by atoms with Crippen LogP contribution in [0.3, 0.4) is 0 Å². The fourth-order valence-corrected chi connectivity index (χ4v) is 2.78. The molecule has 1 aliphatic rings. The molecule has 3 N–H and O–H groups in total. The molecule has 1 aromatic rings. The molecule has 3 heteroatoms. The van der Waals surface area contributed by atoms with E-state index in [4.69, 9.17) is 10.8 Å². The summed E-state index contributed by atoms with van der Waals surface area (Å²) in [6, 6.07) is 8.59. The van der Waals surface area contributed by atoms with Gasteiger partial charge in [-0.15, -0.1) is 0 Å². The number of aliphatic hydroxyl groups excluding tert-OH is 1. The molecule has 1 fully saturated rings. The predicted octanol–water partition coefficient (Wildman–Crippen LogP) is 2.31. The largest absolute Gasteiger partial charge is 0.396 e. The van der Waals surface area contributed by atoms with Crippen LogP contribution in [0.25, 0.3) is 0 Å². The molecule has 0 aromatic heterocycles. The molecule has 0 aliphatic carbocycles. The number of hydrogen-bond acceptors (Lipinski definition) is 3. The Hall–Kier alpha value is -1.06. The van der Waals surface area contributed by atoms with E-state index in [1.54, 1.807) is 0 Å². The van der Waals surface area contributed by atoms with Crippen molar-refractivity contribution in [3.63, 3.8) is 0 Å². The molecule has 0 saturated carbocycles. The monoisotopic (exact) mass is 248 g/mol. The van der Waals surface area contributed by atoms with Gasteiger partial charge in [-0.3, -0.25) is 0 Å². The zero-order valence-electron chi connectivity index (χ0n) is 11.2. The van der Waals surface area contributed by atoms with Crippen LogP contribution in [-0.4, -0.2) is 24.8 Å². The minimum Gasteiger partial charge on any atom is -0.396 e. The van der Waals surface area contributed by atoms with E-state index in [-0.39, 0.29) is 6.04 Å².